The molecule has 0 fully saturated rings. The van der Waals surface area contributed by atoms with Gasteiger partial charge in [0.05, 0.1) is 35.3 Å². The lowest BCUT2D eigenvalue weighted by Crippen LogP contribution is -2.37. The molecule has 1 heterocycles. The minimum absolute atomic E-state index is 0.233. The molecule has 0 aliphatic carbocycles. The molecule has 8 heteroatoms. The third-order valence-electron chi connectivity index (χ3n) is 5.34. The first kappa shape index (κ1) is 26.8. The van der Waals surface area contributed by atoms with Gasteiger partial charge in [-0.1, -0.05) is 6.92 Å². The summed E-state index contributed by atoms with van der Waals surface area (Å²) in [6.45, 7) is 11.7. The Labute approximate surface area is 206 Å². The van der Waals surface area contributed by atoms with Gasteiger partial charge >= 0.3 is 0 Å². The van der Waals surface area contributed by atoms with Gasteiger partial charge < -0.3 is 14.6 Å². The fraction of sp³-hybridized carbons (Fsp3) is 0.444. The van der Waals surface area contributed by atoms with Crippen LogP contribution in [0.1, 0.15) is 45.4 Å². The number of nitrogens with zero attached hydrogens (tertiary/aromatic N) is 3. The first-order valence-electron chi connectivity index (χ1n) is 11.9. The molecule has 6 nitrogen and oxygen atoms in total. The minimum atomic E-state index is -0.658. The van der Waals surface area contributed by atoms with E-state index in [2.05, 4.69) is 16.9 Å². The van der Waals surface area contributed by atoms with Gasteiger partial charge in [0, 0.05) is 13.1 Å². The number of aliphatic hydroxyl groups excluding tert-OH is 1. The first-order valence-corrected chi connectivity index (χ1v) is 11.9. The molecule has 0 saturated carbocycles. The van der Waals surface area contributed by atoms with Crippen molar-refractivity contribution in [3.05, 3.63) is 71.4 Å². The second kappa shape index (κ2) is 11.7. The summed E-state index contributed by atoms with van der Waals surface area (Å²) in [7, 11) is 0. The van der Waals surface area contributed by atoms with Crippen molar-refractivity contribution in [2.45, 2.75) is 59.3 Å². The monoisotopic (exact) mass is 487 g/mol. The number of aliphatic hydroxyl groups is 1. The molecule has 0 spiro atoms. The Morgan fingerprint density at radius 2 is 1.63 bits per heavy atom. The van der Waals surface area contributed by atoms with E-state index in [4.69, 9.17) is 9.47 Å². The molecule has 1 aromatic heterocycles. The predicted molar refractivity (Wildman–Crippen MR) is 132 cm³/mol. The fourth-order valence-electron chi connectivity index (χ4n) is 3.67. The second-order valence-corrected chi connectivity index (χ2v) is 9.63. The zero-order valence-electron chi connectivity index (χ0n) is 21.1. The van der Waals surface area contributed by atoms with Crippen LogP contribution in [0.25, 0.3) is 5.69 Å². The highest BCUT2D eigenvalue weighted by atomic mass is 19.1. The van der Waals surface area contributed by atoms with E-state index in [0.717, 1.165) is 24.2 Å². The van der Waals surface area contributed by atoms with Crippen molar-refractivity contribution in [2.24, 2.45) is 0 Å². The molecule has 1 unspecified atom stereocenters. The lowest BCUT2D eigenvalue weighted by molar-refractivity contribution is -0.0567. The Morgan fingerprint density at radius 1 is 1.03 bits per heavy atom. The van der Waals surface area contributed by atoms with E-state index >= 15 is 0 Å². The fourth-order valence-corrected chi connectivity index (χ4v) is 3.67. The van der Waals surface area contributed by atoms with E-state index in [1.54, 1.807) is 28.9 Å². The third kappa shape index (κ3) is 7.85. The summed E-state index contributed by atoms with van der Waals surface area (Å²) in [6.07, 6.45) is 0.237. The standard InChI is InChI=1S/C27H35F2N3O3/c1-6-15-31(16-23(33)18-34-27(3,4)5)17-25-19(2)30-32(22-11-7-20(28)8-12-22)26(25)35-24-13-9-21(29)10-14-24/h7-14,23,33H,6,15-18H2,1-5H3. The van der Waals surface area contributed by atoms with Gasteiger partial charge in [-0.2, -0.15) is 5.10 Å². The molecule has 0 aliphatic rings. The van der Waals surface area contributed by atoms with E-state index in [1.807, 2.05) is 27.7 Å². The number of aromatic nitrogens is 2. The lowest BCUT2D eigenvalue weighted by atomic mass is 10.2. The van der Waals surface area contributed by atoms with E-state index in [0.29, 0.717) is 30.4 Å². The Bertz CT molecular complexity index is 1080. The second-order valence-electron chi connectivity index (χ2n) is 9.63. The SMILES string of the molecule is CCCN(Cc1c(C)nn(-c2ccc(F)cc2)c1Oc1ccc(F)cc1)CC(O)COC(C)(C)C. The number of hydrogen-bond acceptors (Lipinski definition) is 5. The van der Waals surface area contributed by atoms with Gasteiger partial charge in [0.2, 0.25) is 5.88 Å². The van der Waals surface area contributed by atoms with Gasteiger partial charge in [-0.25, -0.2) is 13.5 Å². The van der Waals surface area contributed by atoms with Crippen LogP contribution >= 0.6 is 0 Å². The number of ether oxygens (including phenoxy) is 2. The molecule has 1 N–H and O–H groups in total. The smallest absolute Gasteiger partial charge is 0.227 e. The summed E-state index contributed by atoms with van der Waals surface area (Å²) < 4.78 is 40.6. The van der Waals surface area contributed by atoms with Gasteiger partial charge in [0.1, 0.15) is 17.4 Å². The number of hydrogen-bond donors (Lipinski definition) is 1. The molecule has 3 rings (SSSR count). The van der Waals surface area contributed by atoms with Crippen LogP contribution in [0.3, 0.4) is 0 Å². The summed E-state index contributed by atoms with van der Waals surface area (Å²) in [5, 5.41) is 15.3. The summed E-state index contributed by atoms with van der Waals surface area (Å²) in [5.41, 5.74) is 1.88. The topological polar surface area (TPSA) is 59.8 Å². The highest BCUT2D eigenvalue weighted by Gasteiger charge is 2.23. The van der Waals surface area contributed by atoms with Gasteiger partial charge in [-0.3, -0.25) is 4.90 Å². The molecular formula is C27H35F2N3O3. The van der Waals surface area contributed by atoms with E-state index < -0.39 is 6.10 Å². The first-order chi connectivity index (χ1) is 16.6. The van der Waals surface area contributed by atoms with Crippen LogP contribution in [0.15, 0.2) is 48.5 Å². The molecule has 3 aromatic rings. The summed E-state index contributed by atoms with van der Waals surface area (Å²) in [4.78, 5) is 2.13. The summed E-state index contributed by atoms with van der Waals surface area (Å²) in [6, 6.07) is 11.7. The van der Waals surface area contributed by atoms with Crippen molar-refractivity contribution in [1.82, 2.24) is 14.7 Å². The number of benzene rings is 2. The predicted octanol–water partition coefficient (Wildman–Crippen LogP) is 5.64. The van der Waals surface area contributed by atoms with Crippen LogP contribution in [-0.4, -0.2) is 51.2 Å². The van der Waals surface area contributed by atoms with E-state index in [1.165, 1.54) is 24.3 Å². The summed E-state index contributed by atoms with van der Waals surface area (Å²) >= 11 is 0. The van der Waals surface area contributed by atoms with Crippen LogP contribution in [-0.2, 0) is 11.3 Å². The highest BCUT2D eigenvalue weighted by Crippen LogP contribution is 2.32. The van der Waals surface area contributed by atoms with Gasteiger partial charge in [0.25, 0.3) is 0 Å². The van der Waals surface area contributed by atoms with Crippen molar-refractivity contribution in [2.75, 3.05) is 19.7 Å². The van der Waals surface area contributed by atoms with Crippen LogP contribution in [0, 0.1) is 18.6 Å². The molecule has 2 aromatic carbocycles. The van der Waals surface area contributed by atoms with Crippen molar-refractivity contribution in [1.29, 1.82) is 0 Å². The average molecular weight is 488 g/mol. The molecule has 190 valence electrons. The summed E-state index contributed by atoms with van der Waals surface area (Å²) in [5.74, 6) is 0.208. The van der Waals surface area contributed by atoms with Crippen LogP contribution in [0.5, 0.6) is 11.6 Å². The molecule has 0 bridgehead atoms. The minimum Gasteiger partial charge on any atom is -0.439 e. The highest BCUT2D eigenvalue weighted by molar-refractivity contribution is 5.43. The van der Waals surface area contributed by atoms with Gasteiger partial charge in [0.15, 0.2) is 0 Å². The average Bonchev–Trinajstić information content (AvgIpc) is 3.09. The molecule has 0 radical (unpaired) electrons. The zero-order valence-corrected chi connectivity index (χ0v) is 21.1. The largest absolute Gasteiger partial charge is 0.439 e. The van der Waals surface area contributed by atoms with Crippen LogP contribution in [0.2, 0.25) is 0 Å². The number of halogens is 2. The number of aryl methyl sites for hydroxylation is 1. The van der Waals surface area contributed by atoms with E-state index in [-0.39, 0.29) is 23.8 Å². The zero-order chi connectivity index (χ0) is 25.6. The van der Waals surface area contributed by atoms with E-state index in [9.17, 15) is 13.9 Å². The quantitative estimate of drug-likeness (QED) is 0.379. The van der Waals surface area contributed by atoms with Gasteiger partial charge in [-0.05, 0) is 89.2 Å². The van der Waals surface area contributed by atoms with Crippen molar-refractivity contribution >= 4 is 0 Å². The Morgan fingerprint density at radius 3 is 2.20 bits per heavy atom. The maximum absolute atomic E-state index is 13.5. The number of rotatable bonds is 11. The maximum Gasteiger partial charge on any atom is 0.227 e. The van der Waals surface area contributed by atoms with Crippen molar-refractivity contribution < 1.29 is 23.4 Å². The molecule has 0 amide bonds. The van der Waals surface area contributed by atoms with Crippen molar-refractivity contribution in [3.63, 3.8) is 0 Å². The normalized spacial score (nSPS) is 12.8. The molecule has 0 saturated heterocycles. The van der Waals surface area contributed by atoms with Crippen molar-refractivity contribution in [3.8, 4) is 17.3 Å². The molecule has 0 aliphatic heterocycles. The lowest BCUT2D eigenvalue weighted by Gasteiger charge is -2.27. The molecule has 35 heavy (non-hydrogen) atoms. The Balaban J connectivity index is 1.92. The Kier molecular flexibility index (Phi) is 8.99. The third-order valence-corrected chi connectivity index (χ3v) is 5.34. The molecular weight excluding hydrogens is 452 g/mol. The van der Waals surface area contributed by atoms with Gasteiger partial charge in [-0.15, -0.1) is 0 Å². The van der Waals surface area contributed by atoms with Crippen LogP contribution in [0.4, 0.5) is 8.78 Å². The maximum atomic E-state index is 13.5. The van der Waals surface area contributed by atoms with Crippen LogP contribution < -0.4 is 4.74 Å². The Hall–Kier alpha value is -2.81. The molecule has 1 atom stereocenters.